The Morgan fingerprint density at radius 2 is 1.39 bits per heavy atom. The lowest BCUT2D eigenvalue weighted by atomic mass is 9.53. The van der Waals surface area contributed by atoms with Crippen molar-refractivity contribution in [3.63, 3.8) is 0 Å². The van der Waals surface area contributed by atoms with Gasteiger partial charge in [0.2, 0.25) is 0 Å². The molecule has 0 aromatic rings. The number of hydrogen-bond acceptors (Lipinski definition) is 2. The summed E-state index contributed by atoms with van der Waals surface area (Å²) in [5.41, 5.74) is 0. The van der Waals surface area contributed by atoms with E-state index in [0.29, 0.717) is 5.92 Å². The Labute approximate surface area is 110 Å². The van der Waals surface area contributed by atoms with Gasteiger partial charge in [-0.25, -0.2) is 0 Å². The first-order chi connectivity index (χ1) is 8.83. The molecule has 0 atom stereocenters. The second kappa shape index (κ2) is 4.23. The van der Waals surface area contributed by atoms with Gasteiger partial charge in [-0.05, 0) is 81.7 Å². The average Bonchev–Trinajstić information content (AvgIpc) is 2.38. The largest absolute Gasteiger partial charge is 0.300 e. The summed E-state index contributed by atoms with van der Waals surface area (Å²) < 4.78 is 0. The lowest BCUT2D eigenvalue weighted by Crippen LogP contribution is -2.57. The molecule has 5 fully saturated rings. The molecule has 98 valence electrons. The monoisotopic (exact) mass is 244 g/mol. The van der Waals surface area contributed by atoms with Gasteiger partial charge in [0.05, 0.1) is 6.07 Å². The summed E-state index contributed by atoms with van der Waals surface area (Å²) in [5, 5.41) is 9.02. The van der Waals surface area contributed by atoms with Gasteiger partial charge in [0.25, 0.3) is 0 Å². The molecule has 4 bridgehead atoms. The van der Waals surface area contributed by atoms with Crippen LogP contribution in [-0.4, -0.2) is 24.0 Å². The Kier molecular flexibility index (Phi) is 2.66. The minimum Gasteiger partial charge on any atom is -0.300 e. The van der Waals surface area contributed by atoms with Gasteiger partial charge in [-0.3, -0.25) is 4.90 Å². The fraction of sp³-hybridized carbons (Fsp3) is 0.938. The van der Waals surface area contributed by atoms with E-state index in [1.807, 2.05) is 0 Å². The van der Waals surface area contributed by atoms with Gasteiger partial charge in [0.15, 0.2) is 0 Å². The van der Waals surface area contributed by atoms with Gasteiger partial charge in [-0.2, -0.15) is 5.26 Å². The molecule has 0 spiro atoms. The average molecular weight is 244 g/mol. The standard InChI is InChI=1S/C16H24N2/c17-10-11-1-3-18(4-2-11)16-14-6-12-5-13(8-14)9-15(16)7-12/h11-16H,1-9H2. The van der Waals surface area contributed by atoms with Crippen molar-refractivity contribution in [3.05, 3.63) is 0 Å². The van der Waals surface area contributed by atoms with Crippen molar-refractivity contribution in [2.45, 2.75) is 51.0 Å². The predicted octanol–water partition coefficient (Wildman–Crippen LogP) is 3.05. The molecule has 4 aliphatic carbocycles. The summed E-state index contributed by atoms with van der Waals surface area (Å²) in [7, 11) is 0. The molecule has 0 aromatic carbocycles. The first kappa shape index (κ1) is 11.3. The highest BCUT2D eigenvalue weighted by molar-refractivity contribution is 5.03. The van der Waals surface area contributed by atoms with E-state index in [4.69, 9.17) is 5.26 Å². The lowest BCUT2D eigenvalue weighted by molar-refractivity contribution is -0.0719. The topological polar surface area (TPSA) is 27.0 Å². The molecule has 1 heterocycles. The predicted molar refractivity (Wildman–Crippen MR) is 70.7 cm³/mol. The Bertz CT molecular complexity index is 334. The molecule has 0 radical (unpaired) electrons. The summed E-state index contributed by atoms with van der Waals surface area (Å²) in [6.07, 6.45) is 9.90. The van der Waals surface area contributed by atoms with Crippen LogP contribution in [0.1, 0.15) is 44.9 Å². The first-order valence-corrected chi connectivity index (χ1v) is 7.97. The third-order valence-electron chi connectivity index (χ3n) is 6.31. The molecule has 1 aliphatic heterocycles. The second-order valence-corrected chi connectivity index (χ2v) is 7.36. The number of hydrogen-bond donors (Lipinski definition) is 0. The number of nitrogens with zero attached hydrogens (tertiary/aromatic N) is 2. The fourth-order valence-corrected chi connectivity index (χ4v) is 5.82. The smallest absolute Gasteiger partial charge is 0.0656 e. The molecular formula is C16H24N2. The Morgan fingerprint density at radius 1 is 0.833 bits per heavy atom. The van der Waals surface area contributed by atoms with Crippen LogP contribution in [0.15, 0.2) is 0 Å². The summed E-state index contributed by atoms with van der Waals surface area (Å²) in [6.45, 7) is 2.40. The van der Waals surface area contributed by atoms with Crippen molar-refractivity contribution < 1.29 is 0 Å². The van der Waals surface area contributed by atoms with Crippen LogP contribution in [0, 0.1) is 40.9 Å². The summed E-state index contributed by atoms with van der Waals surface area (Å²) >= 11 is 0. The van der Waals surface area contributed by atoms with Crippen molar-refractivity contribution in [3.8, 4) is 6.07 Å². The number of rotatable bonds is 1. The van der Waals surface area contributed by atoms with Crippen LogP contribution in [0.2, 0.25) is 0 Å². The van der Waals surface area contributed by atoms with Crippen molar-refractivity contribution in [1.82, 2.24) is 4.90 Å². The molecular weight excluding hydrogens is 220 g/mol. The van der Waals surface area contributed by atoms with Crippen LogP contribution in [0.25, 0.3) is 0 Å². The van der Waals surface area contributed by atoms with E-state index in [2.05, 4.69) is 11.0 Å². The van der Waals surface area contributed by atoms with Crippen LogP contribution in [0.3, 0.4) is 0 Å². The highest BCUT2D eigenvalue weighted by Crippen LogP contribution is 2.55. The molecule has 5 rings (SSSR count). The van der Waals surface area contributed by atoms with Crippen LogP contribution in [0.5, 0.6) is 0 Å². The van der Waals surface area contributed by atoms with Crippen molar-refractivity contribution in [1.29, 1.82) is 5.26 Å². The van der Waals surface area contributed by atoms with E-state index in [1.165, 1.54) is 38.8 Å². The van der Waals surface area contributed by atoms with Crippen LogP contribution in [-0.2, 0) is 0 Å². The Hall–Kier alpha value is -0.550. The van der Waals surface area contributed by atoms with E-state index < -0.39 is 0 Å². The molecule has 5 aliphatic rings. The zero-order chi connectivity index (χ0) is 12.1. The van der Waals surface area contributed by atoms with Gasteiger partial charge >= 0.3 is 0 Å². The molecule has 0 amide bonds. The molecule has 2 nitrogen and oxygen atoms in total. The molecule has 0 aromatic heterocycles. The zero-order valence-electron chi connectivity index (χ0n) is 11.2. The number of nitriles is 1. The second-order valence-electron chi connectivity index (χ2n) is 7.36. The molecule has 2 heteroatoms. The van der Waals surface area contributed by atoms with Crippen LogP contribution < -0.4 is 0 Å². The molecule has 4 saturated carbocycles. The van der Waals surface area contributed by atoms with Crippen molar-refractivity contribution >= 4 is 0 Å². The maximum atomic E-state index is 9.02. The third-order valence-corrected chi connectivity index (χ3v) is 6.31. The summed E-state index contributed by atoms with van der Waals surface area (Å²) in [6, 6.07) is 3.37. The lowest BCUT2D eigenvalue weighted by Gasteiger charge is -2.58. The van der Waals surface area contributed by atoms with E-state index in [1.54, 1.807) is 6.42 Å². The van der Waals surface area contributed by atoms with E-state index >= 15 is 0 Å². The van der Waals surface area contributed by atoms with Crippen LogP contribution in [0.4, 0.5) is 0 Å². The van der Waals surface area contributed by atoms with Crippen molar-refractivity contribution in [2.75, 3.05) is 13.1 Å². The summed E-state index contributed by atoms with van der Waals surface area (Å²) in [4.78, 5) is 2.78. The van der Waals surface area contributed by atoms with Gasteiger partial charge in [-0.1, -0.05) is 0 Å². The van der Waals surface area contributed by atoms with Crippen LogP contribution >= 0.6 is 0 Å². The highest BCUT2D eigenvalue weighted by Gasteiger charge is 2.50. The quantitative estimate of drug-likeness (QED) is 0.709. The molecule has 1 saturated heterocycles. The van der Waals surface area contributed by atoms with Gasteiger partial charge in [0, 0.05) is 12.0 Å². The van der Waals surface area contributed by atoms with Gasteiger partial charge < -0.3 is 0 Å². The van der Waals surface area contributed by atoms with E-state index in [9.17, 15) is 0 Å². The number of piperidine rings is 1. The highest BCUT2D eigenvalue weighted by atomic mass is 15.2. The molecule has 0 unspecified atom stereocenters. The fourth-order valence-electron chi connectivity index (χ4n) is 5.82. The zero-order valence-corrected chi connectivity index (χ0v) is 11.2. The minimum atomic E-state index is 0.345. The molecule has 18 heavy (non-hydrogen) atoms. The maximum Gasteiger partial charge on any atom is 0.0656 e. The van der Waals surface area contributed by atoms with Gasteiger partial charge in [-0.15, -0.1) is 0 Å². The number of likely N-dealkylation sites (tertiary alicyclic amines) is 1. The van der Waals surface area contributed by atoms with E-state index in [-0.39, 0.29) is 0 Å². The SMILES string of the molecule is N#CC1CCN(C2C3CC4CC(C3)CC2C4)CC1. The molecule has 0 N–H and O–H groups in total. The van der Waals surface area contributed by atoms with E-state index in [0.717, 1.165) is 42.6 Å². The Morgan fingerprint density at radius 3 is 1.89 bits per heavy atom. The normalized spacial score (nSPS) is 48.3. The van der Waals surface area contributed by atoms with Gasteiger partial charge in [0.1, 0.15) is 0 Å². The summed E-state index contributed by atoms with van der Waals surface area (Å²) in [5.74, 6) is 4.54. The van der Waals surface area contributed by atoms with Crippen molar-refractivity contribution in [2.24, 2.45) is 29.6 Å². The third kappa shape index (κ3) is 1.71. The first-order valence-electron chi connectivity index (χ1n) is 7.97. The maximum absolute atomic E-state index is 9.02. The Balaban J connectivity index is 1.47. The minimum absolute atomic E-state index is 0.345.